The lowest BCUT2D eigenvalue weighted by molar-refractivity contribution is -0.0173. The van der Waals surface area contributed by atoms with Crippen LogP contribution in [-0.2, 0) is 18.4 Å². The summed E-state index contributed by atoms with van der Waals surface area (Å²) < 4.78 is 0. The van der Waals surface area contributed by atoms with Crippen LogP contribution in [0.4, 0.5) is 0 Å². The van der Waals surface area contributed by atoms with Crippen LogP contribution in [0.3, 0.4) is 0 Å². The van der Waals surface area contributed by atoms with Gasteiger partial charge in [0, 0.05) is 24.9 Å². The highest BCUT2D eigenvalue weighted by Gasteiger charge is 2.35. The Morgan fingerprint density at radius 1 is 0.750 bits per heavy atom. The normalized spacial score (nSPS) is 15.5. The smallest absolute Gasteiger partial charge is 0.0974 e. The van der Waals surface area contributed by atoms with Gasteiger partial charge >= 0.3 is 0 Å². The van der Waals surface area contributed by atoms with E-state index in [9.17, 15) is 5.11 Å². The summed E-state index contributed by atoms with van der Waals surface area (Å²) in [6, 6.07) is 31.2. The fraction of sp³-hybridized carbons (Fsp3) is 0.308. The maximum Gasteiger partial charge on any atom is 0.0974 e. The van der Waals surface area contributed by atoms with Crippen LogP contribution in [-0.4, -0.2) is 17.7 Å². The molecule has 2 heteroatoms. The SMILES string of the molecule is CC(Cc1ccccc1)NCC(C)C(O)(Cc1ccccc1)c1ccccc1. The summed E-state index contributed by atoms with van der Waals surface area (Å²) >= 11 is 0. The van der Waals surface area contributed by atoms with E-state index in [0.717, 1.165) is 24.1 Å². The van der Waals surface area contributed by atoms with Crippen molar-refractivity contribution in [1.29, 1.82) is 0 Å². The fourth-order valence-electron chi connectivity index (χ4n) is 3.78. The van der Waals surface area contributed by atoms with Gasteiger partial charge in [0.2, 0.25) is 0 Å². The molecule has 146 valence electrons. The second-order valence-corrected chi connectivity index (χ2v) is 7.85. The van der Waals surface area contributed by atoms with Crippen LogP contribution >= 0.6 is 0 Å². The van der Waals surface area contributed by atoms with Crippen LogP contribution in [0.15, 0.2) is 91.0 Å². The highest BCUT2D eigenvalue weighted by Crippen LogP contribution is 2.33. The minimum atomic E-state index is -0.915. The van der Waals surface area contributed by atoms with Gasteiger partial charge in [-0.1, -0.05) is 97.9 Å². The monoisotopic (exact) mass is 373 g/mol. The van der Waals surface area contributed by atoms with E-state index >= 15 is 0 Å². The zero-order valence-electron chi connectivity index (χ0n) is 16.9. The Morgan fingerprint density at radius 3 is 1.82 bits per heavy atom. The van der Waals surface area contributed by atoms with Gasteiger partial charge in [-0.3, -0.25) is 0 Å². The summed E-state index contributed by atoms with van der Waals surface area (Å²) in [4.78, 5) is 0. The maximum atomic E-state index is 11.8. The van der Waals surface area contributed by atoms with E-state index in [1.807, 2.05) is 54.6 Å². The summed E-state index contributed by atoms with van der Waals surface area (Å²) in [5, 5.41) is 15.4. The van der Waals surface area contributed by atoms with E-state index in [4.69, 9.17) is 0 Å². The molecular formula is C26H31NO. The first-order chi connectivity index (χ1) is 13.6. The van der Waals surface area contributed by atoms with E-state index in [1.54, 1.807) is 0 Å². The molecule has 0 aromatic heterocycles. The van der Waals surface area contributed by atoms with Crippen LogP contribution in [0.5, 0.6) is 0 Å². The summed E-state index contributed by atoms with van der Waals surface area (Å²) in [6.07, 6.45) is 1.59. The van der Waals surface area contributed by atoms with Crippen molar-refractivity contribution in [3.63, 3.8) is 0 Å². The van der Waals surface area contributed by atoms with E-state index in [0.29, 0.717) is 12.5 Å². The molecule has 0 spiro atoms. The lowest BCUT2D eigenvalue weighted by atomic mass is 9.77. The van der Waals surface area contributed by atoms with Crippen molar-refractivity contribution in [2.75, 3.05) is 6.54 Å². The zero-order chi connectivity index (χ0) is 19.8. The average molecular weight is 374 g/mol. The minimum absolute atomic E-state index is 0.0633. The molecule has 0 aliphatic heterocycles. The van der Waals surface area contributed by atoms with Gasteiger partial charge in [-0.25, -0.2) is 0 Å². The third-order valence-corrected chi connectivity index (χ3v) is 5.56. The van der Waals surface area contributed by atoms with Gasteiger partial charge in [-0.2, -0.15) is 0 Å². The molecule has 28 heavy (non-hydrogen) atoms. The number of hydrogen-bond donors (Lipinski definition) is 2. The molecule has 0 amide bonds. The number of hydrogen-bond acceptors (Lipinski definition) is 2. The molecule has 2 N–H and O–H groups in total. The molecule has 3 aromatic rings. The highest BCUT2D eigenvalue weighted by molar-refractivity contribution is 5.28. The molecule has 3 unspecified atom stereocenters. The molecule has 0 saturated heterocycles. The Morgan fingerprint density at radius 2 is 1.25 bits per heavy atom. The molecular weight excluding hydrogens is 342 g/mol. The van der Waals surface area contributed by atoms with E-state index in [-0.39, 0.29) is 5.92 Å². The van der Waals surface area contributed by atoms with Crippen molar-refractivity contribution < 1.29 is 5.11 Å². The quantitative estimate of drug-likeness (QED) is 0.555. The third kappa shape index (κ3) is 5.31. The summed E-state index contributed by atoms with van der Waals surface area (Å²) in [5.74, 6) is 0.0633. The maximum absolute atomic E-state index is 11.8. The number of aliphatic hydroxyl groups is 1. The Hall–Kier alpha value is -2.42. The summed E-state index contributed by atoms with van der Waals surface area (Å²) in [6.45, 7) is 5.10. The van der Waals surface area contributed by atoms with Crippen molar-refractivity contribution in [3.05, 3.63) is 108 Å². The first-order valence-corrected chi connectivity index (χ1v) is 10.2. The van der Waals surface area contributed by atoms with Crippen LogP contribution in [0.25, 0.3) is 0 Å². The van der Waals surface area contributed by atoms with Crippen molar-refractivity contribution >= 4 is 0 Å². The summed E-state index contributed by atoms with van der Waals surface area (Å²) in [5.41, 5.74) is 2.54. The molecule has 3 atom stereocenters. The predicted octanol–water partition coefficient (Wildman–Crippen LogP) is 4.97. The Labute approximate surface area is 169 Å². The Balaban J connectivity index is 1.70. The van der Waals surface area contributed by atoms with Gasteiger partial charge in [0.15, 0.2) is 0 Å². The van der Waals surface area contributed by atoms with Crippen molar-refractivity contribution in [2.45, 2.75) is 38.3 Å². The first kappa shape index (κ1) is 20.3. The van der Waals surface area contributed by atoms with Gasteiger partial charge in [-0.15, -0.1) is 0 Å². The average Bonchev–Trinajstić information content (AvgIpc) is 2.74. The second-order valence-electron chi connectivity index (χ2n) is 7.85. The Bertz CT molecular complexity index is 819. The summed E-state index contributed by atoms with van der Waals surface area (Å²) in [7, 11) is 0. The predicted molar refractivity (Wildman–Crippen MR) is 117 cm³/mol. The molecule has 2 nitrogen and oxygen atoms in total. The molecule has 3 rings (SSSR count). The van der Waals surface area contributed by atoms with E-state index in [2.05, 4.69) is 55.6 Å². The van der Waals surface area contributed by atoms with Crippen LogP contribution in [0.1, 0.15) is 30.5 Å². The van der Waals surface area contributed by atoms with Gasteiger partial charge < -0.3 is 10.4 Å². The van der Waals surface area contributed by atoms with Crippen molar-refractivity contribution in [3.8, 4) is 0 Å². The molecule has 0 aliphatic carbocycles. The molecule has 0 saturated carbocycles. The highest BCUT2D eigenvalue weighted by atomic mass is 16.3. The number of nitrogens with one attached hydrogen (secondary N) is 1. The Kier molecular flexibility index (Phi) is 7.02. The second kappa shape index (κ2) is 9.68. The van der Waals surface area contributed by atoms with Gasteiger partial charge in [0.1, 0.15) is 0 Å². The lowest BCUT2D eigenvalue weighted by Gasteiger charge is -2.36. The molecule has 0 aliphatic rings. The van der Waals surface area contributed by atoms with Crippen LogP contribution in [0.2, 0.25) is 0 Å². The molecule has 0 heterocycles. The van der Waals surface area contributed by atoms with E-state index in [1.165, 1.54) is 5.56 Å². The standard InChI is InChI=1S/C26H31NO/c1-21(20-27-22(2)18-23-12-6-3-7-13-23)26(28,25-16-10-5-11-17-25)19-24-14-8-4-9-15-24/h3-17,21-22,27-28H,18-20H2,1-2H3. The minimum Gasteiger partial charge on any atom is -0.384 e. The third-order valence-electron chi connectivity index (χ3n) is 5.56. The molecule has 0 bridgehead atoms. The van der Waals surface area contributed by atoms with Crippen LogP contribution in [0, 0.1) is 5.92 Å². The van der Waals surface area contributed by atoms with Crippen molar-refractivity contribution in [1.82, 2.24) is 5.32 Å². The van der Waals surface area contributed by atoms with Crippen LogP contribution < -0.4 is 5.32 Å². The first-order valence-electron chi connectivity index (χ1n) is 10.2. The topological polar surface area (TPSA) is 32.3 Å². The zero-order valence-corrected chi connectivity index (χ0v) is 16.9. The lowest BCUT2D eigenvalue weighted by Crippen LogP contribution is -2.43. The molecule has 0 radical (unpaired) electrons. The fourth-order valence-corrected chi connectivity index (χ4v) is 3.78. The van der Waals surface area contributed by atoms with E-state index < -0.39 is 5.60 Å². The van der Waals surface area contributed by atoms with Gasteiger partial charge in [0.25, 0.3) is 0 Å². The number of benzene rings is 3. The van der Waals surface area contributed by atoms with Gasteiger partial charge in [0.05, 0.1) is 5.60 Å². The number of rotatable bonds is 9. The molecule has 3 aromatic carbocycles. The van der Waals surface area contributed by atoms with Crippen molar-refractivity contribution in [2.24, 2.45) is 5.92 Å². The largest absolute Gasteiger partial charge is 0.384 e. The molecule has 0 fully saturated rings. The van der Waals surface area contributed by atoms with Gasteiger partial charge in [-0.05, 0) is 30.0 Å².